The number of likely N-dealkylation sites (N-methyl/N-ethyl adjacent to an activating group) is 1. The molecule has 0 bridgehead atoms. The summed E-state index contributed by atoms with van der Waals surface area (Å²) in [4.78, 5) is 17.0. The van der Waals surface area contributed by atoms with Crippen LogP contribution in [-0.4, -0.2) is 42.0 Å². The summed E-state index contributed by atoms with van der Waals surface area (Å²) in [6.45, 7) is 4.64. The van der Waals surface area contributed by atoms with Crippen molar-refractivity contribution in [3.63, 3.8) is 0 Å². The van der Waals surface area contributed by atoms with Crippen LogP contribution in [0.25, 0.3) is 0 Å². The quantitative estimate of drug-likeness (QED) is 0.634. The number of hydrogen-bond acceptors (Lipinski definition) is 2. The number of carbonyl (C=O) groups is 1. The number of amides is 2. The topological polar surface area (TPSA) is 35.6 Å². The number of rotatable bonds is 2. The standard InChI is InChI=1S/C23H27Cl2N3O/c1-15-6-3-4-9-28(15)23(29)26-18-8-5-7-16(10-18)20-13-27(2)14-21-19(20)11-17(24)12-22(21)25/h5,7-8,10-12,15,20H,3-4,6,9,13-14H2,1-2H3,(H,26,29). The van der Waals surface area contributed by atoms with Crippen molar-refractivity contribution in [1.82, 2.24) is 9.80 Å². The summed E-state index contributed by atoms with van der Waals surface area (Å²) in [5.74, 6) is 0.158. The predicted molar refractivity (Wildman–Crippen MR) is 120 cm³/mol. The zero-order chi connectivity index (χ0) is 20.5. The Labute approximate surface area is 182 Å². The van der Waals surface area contributed by atoms with Crippen LogP contribution in [0.4, 0.5) is 10.5 Å². The number of nitrogens with one attached hydrogen (secondary N) is 1. The second-order valence-corrected chi connectivity index (χ2v) is 9.14. The number of carbonyl (C=O) groups excluding carboxylic acids is 1. The molecule has 2 heterocycles. The van der Waals surface area contributed by atoms with Gasteiger partial charge in [0.15, 0.2) is 0 Å². The average molecular weight is 432 g/mol. The molecule has 0 radical (unpaired) electrons. The molecule has 4 rings (SSSR count). The summed E-state index contributed by atoms with van der Waals surface area (Å²) in [6.07, 6.45) is 3.34. The van der Waals surface area contributed by atoms with Gasteiger partial charge in [0.05, 0.1) is 0 Å². The molecular formula is C23H27Cl2N3O. The van der Waals surface area contributed by atoms with Crippen LogP contribution < -0.4 is 5.32 Å². The van der Waals surface area contributed by atoms with E-state index in [9.17, 15) is 4.79 Å². The van der Waals surface area contributed by atoms with E-state index in [4.69, 9.17) is 23.2 Å². The highest BCUT2D eigenvalue weighted by atomic mass is 35.5. The number of nitrogens with zero attached hydrogens (tertiary/aromatic N) is 2. The minimum atomic E-state index is -0.0124. The molecule has 2 amide bonds. The van der Waals surface area contributed by atoms with Crippen LogP contribution in [0.15, 0.2) is 36.4 Å². The number of anilines is 1. The van der Waals surface area contributed by atoms with Crippen LogP contribution in [0.3, 0.4) is 0 Å². The Morgan fingerprint density at radius 1 is 1.17 bits per heavy atom. The minimum absolute atomic E-state index is 0.0124. The van der Waals surface area contributed by atoms with Gasteiger partial charge in [0.25, 0.3) is 0 Å². The number of likely N-dealkylation sites (tertiary alicyclic amines) is 1. The highest BCUT2D eigenvalue weighted by Gasteiger charge is 2.28. The lowest BCUT2D eigenvalue weighted by molar-refractivity contribution is 0.170. The van der Waals surface area contributed by atoms with E-state index in [1.807, 2.05) is 29.2 Å². The molecule has 6 heteroatoms. The fourth-order valence-corrected chi connectivity index (χ4v) is 5.13. The van der Waals surface area contributed by atoms with Crippen molar-refractivity contribution in [3.8, 4) is 0 Å². The summed E-state index contributed by atoms with van der Waals surface area (Å²) in [5.41, 5.74) is 4.29. The van der Waals surface area contributed by atoms with Gasteiger partial charge in [-0.25, -0.2) is 4.79 Å². The highest BCUT2D eigenvalue weighted by molar-refractivity contribution is 6.35. The molecule has 1 N–H and O–H groups in total. The summed E-state index contributed by atoms with van der Waals surface area (Å²) >= 11 is 12.8. The van der Waals surface area contributed by atoms with Crippen molar-refractivity contribution < 1.29 is 4.79 Å². The van der Waals surface area contributed by atoms with E-state index in [2.05, 4.69) is 36.3 Å². The second-order valence-electron chi connectivity index (χ2n) is 8.30. The maximum absolute atomic E-state index is 12.8. The van der Waals surface area contributed by atoms with Crippen molar-refractivity contribution in [1.29, 1.82) is 0 Å². The lowest BCUT2D eigenvalue weighted by Gasteiger charge is -2.34. The van der Waals surface area contributed by atoms with Crippen LogP contribution in [0.1, 0.15) is 48.8 Å². The molecule has 4 nitrogen and oxygen atoms in total. The maximum atomic E-state index is 12.8. The van der Waals surface area contributed by atoms with Gasteiger partial charge in [-0.05, 0) is 74.2 Å². The molecule has 2 aliphatic heterocycles. The zero-order valence-electron chi connectivity index (χ0n) is 16.9. The molecule has 0 spiro atoms. The summed E-state index contributed by atoms with van der Waals surface area (Å²) < 4.78 is 0. The number of benzene rings is 2. The normalized spacial score (nSPS) is 22.3. The third-order valence-corrected chi connectivity index (χ3v) is 6.65. The molecule has 1 saturated heterocycles. The third-order valence-electron chi connectivity index (χ3n) is 6.10. The Hall–Kier alpha value is -1.75. The first-order valence-electron chi connectivity index (χ1n) is 10.3. The van der Waals surface area contributed by atoms with E-state index in [-0.39, 0.29) is 18.0 Å². The van der Waals surface area contributed by atoms with Gasteiger partial charge in [0.2, 0.25) is 0 Å². The summed E-state index contributed by atoms with van der Waals surface area (Å²) in [5, 5.41) is 4.48. The van der Waals surface area contributed by atoms with E-state index in [0.29, 0.717) is 10.0 Å². The first kappa shape index (κ1) is 20.5. The molecule has 2 aromatic rings. The Bertz CT molecular complexity index is 917. The first-order valence-corrected chi connectivity index (χ1v) is 11.0. The Morgan fingerprint density at radius 2 is 2.00 bits per heavy atom. The highest BCUT2D eigenvalue weighted by Crippen LogP contribution is 2.38. The Morgan fingerprint density at radius 3 is 2.79 bits per heavy atom. The van der Waals surface area contributed by atoms with Gasteiger partial charge in [-0.2, -0.15) is 0 Å². The van der Waals surface area contributed by atoms with E-state index in [0.717, 1.165) is 49.3 Å². The van der Waals surface area contributed by atoms with Crippen molar-refractivity contribution in [3.05, 3.63) is 63.1 Å². The van der Waals surface area contributed by atoms with Gasteiger partial charge in [0, 0.05) is 47.3 Å². The molecule has 154 valence electrons. The van der Waals surface area contributed by atoms with Crippen LogP contribution >= 0.6 is 23.2 Å². The van der Waals surface area contributed by atoms with E-state index < -0.39 is 0 Å². The van der Waals surface area contributed by atoms with Crippen molar-refractivity contribution in [2.45, 2.75) is 44.7 Å². The minimum Gasteiger partial charge on any atom is -0.322 e. The number of halogens is 2. The van der Waals surface area contributed by atoms with E-state index in [1.165, 1.54) is 12.0 Å². The maximum Gasteiger partial charge on any atom is 0.322 e. The lowest BCUT2D eigenvalue weighted by Crippen LogP contribution is -2.44. The molecule has 2 aromatic carbocycles. The largest absolute Gasteiger partial charge is 0.322 e. The van der Waals surface area contributed by atoms with E-state index in [1.54, 1.807) is 0 Å². The lowest BCUT2D eigenvalue weighted by atomic mass is 9.84. The predicted octanol–water partition coefficient (Wildman–Crippen LogP) is 5.98. The summed E-state index contributed by atoms with van der Waals surface area (Å²) in [7, 11) is 2.10. The molecular weight excluding hydrogens is 405 g/mol. The molecule has 1 fully saturated rings. The molecule has 29 heavy (non-hydrogen) atoms. The second kappa shape index (κ2) is 8.55. The van der Waals surface area contributed by atoms with E-state index >= 15 is 0 Å². The smallest absolute Gasteiger partial charge is 0.322 e. The van der Waals surface area contributed by atoms with Gasteiger partial charge in [-0.3, -0.25) is 0 Å². The third kappa shape index (κ3) is 4.40. The molecule has 2 unspecified atom stereocenters. The fourth-order valence-electron chi connectivity index (χ4n) is 4.56. The van der Waals surface area contributed by atoms with Crippen LogP contribution in [0.2, 0.25) is 10.0 Å². The van der Waals surface area contributed by atoms with Gasteiger partial charge >= 0.3 is 6.03 Å². The SMILES string of the molecule is CC1CCCCN1C(=O)Nc1cccc(C2CN(C)Cc3c(Cl)cc(Cl)cc32)c1. The van der Waals surface area contributed by atoms with Crippen LogP contribution in [0.5, 0.6) is 0 Å². The van der Waals surface area contributed by atoms with Crippen molar-refractivity contribution in [2.24, 2.45) is 0 Å². The van der Waals surface area contributed by atoms with Crippen LogP contribution in [-0.2, 0) is 6.54 Å². The van der Waals surface area contributed by atoms with Gasteiger partial charge in [-0.15, -0.1) is 0 Å². The average Bonchev–Trinajstić information content (AvgIpc) is 2.68. The summed E-state index contributed by atoms with van der Waals surface area (Å²) in [6, 6.07) is 12.3. The zero-order valence-corrected chi connectivity index (χ0v) is 18.4. The first-order chi connectivity index (χ1) is 13.9. The fraction of sp³-hybridized carbons (Fsp3) is 0.435. The number of urea groups is 1. The molecule has 2 atom stereocenters. The number of fused-ring (bicyclic) bond motifs is 1. The van der Waals surface area contributed by atoms with Crippen molar-refractivity contribution in [2.75, 3.05) is 25.5 Å². The van der Waals surface area contributed by atoms with Gasteiger partial charge < -0.3 is 15.1 Å². The number of hydrogen-bond donors (Lipinski definition) is 1. The molecule has 0 saturated carbocycles. The van der Waals surface area contributed by atoms with Gasteiger partial charge in [0.1, 0.15) is 0 Å². The number of piperidine rings is 1. The van der Waals surface area contributed by atoms with Crippen LogP contribution in [0, 0.1) is 0 Å². The van der Waals surface area contributed by atoms with Gasteiger partial charge in [-0.1, -0.05) is 35.3 Å². The van der Waals surface area contributed by atoms with Crippen molar-refractivity contribution >= 4 is 34.9 Å². The molecule has 0 aromatic heterocycles. The Kier molecular flexibility index (Phi) is 6.05. The Balaban J connectivity index is 1.60. The molecule has 0 aliphatic carbocycles. The monoisotopic (exact) mass is 431 g/mol. The molecule has 2 aliphatic rings.